The molecule has 1 saturated carbocycles. The maximum absolute atomic E-state index is 9.73. The molecule has 1 aliphatic carbocycles. The fourth-order valence-electron chi connectivity index (χ4n) is 3.80. The molecule has 1 aliphatic heterocycles. The summed E-state index contributed by atoms with van der Waals surface area (Å²) in [5, 5.41) is 17.8. The van der Waals surface area contributed by atoms with Gasteiger partial charge in [-0.25, -0.2) is 0 Å². The van der Waals surface area contributed by atoms with E-state index in [1.807, 2.05) is 10.9 Å². The molecule has 1 aromatic rings. The zero-order valence-electron chi connectivity index (χ0n) is 13.0. The van der Waals surface area contributed by atoms with Crippen LogP contribution in [0.3, 0.4) is 0 Å². The van der Waals surface area contributed by atoms with Crippen molar-refractivity contribution in [2.24, 2.45) is 0 Å². The molecule has 2 fully saturated rings. The maximum Gasteiger partial charge on any atom is 0.0679 e. The van der Waals surface area contributed by atoms with E-state index in [0.717, 1.165) is 39.0 Å². The molecule has 0 spiro atoms. The number of hydrogen-bond acceptors (Lipinski definition) is 4. The molecule has 2 heterocycles. The summed E-state index contributed by atoms with van der Waals surface area (Å²) in [4.78, 5) is 2.49. The van der Waals surface area contributed by atoms with E-state index < -0.39 is 0 Å². The smallest absolute Gasteiger partial charge is 0.0679 e. The standard InChI is InChI=1S/C16H28N4O/c1-2-20-11-13(10-18-20)6-8-17-15-4-3-5-16(15)19-9-7-14(21)12-19/h10-11,14-17,21H,2-9,12H2,1H3/t14?,15-,16+/m1/s1. The minimum Gasteiger partial charge on any atom is -0.392 e. The molecule has 1 unspecified atom stereocenters. The van der Waals surface area contributed by atoms with Gasteiger partial charge in [-0.2, -0.15) is 5.10 Å². The van der Waals surface area contributed by atoms with Crippen molar-refractivity contribution >= 4 is 0 Å². The van der Waals surface area contributed by atoms with Crippen molar-refractivity contribution in [3.05, 3.63) is 18.0 Å². The second kappa shape index (κ2) is 6.90. The third-order valence-electron chi connectivity index (χ3n) is 4.97. The Labute approximate surface area is 127 Å². The highest BCUT2D eigenvalue weighted by atomic mass is 16.3. The Morgan fingerprint density at radius 2 is 2.29 bits per heavy atom. The van der Waals surface area contributed by atoms with Gasteiger partial charge in [0.15, 0.2) is 0 Å². The van der Waals surface area contributed by atoms with E-state index in [0.29, 0.717) is 12.1 Å². The third-order valence-corrected chi connectivity index (χ3v) is 4.97. The van der Waals surface area contributed by atoms with E-state index in [1.165, 1.54) is 24.8 Å². The van der Waals surface area contributed by atoms with Crippen molar-refractivity contribution in [3.63, 3.8) is 0 Å². The van der Waals surface area contributed by atoms with Gasteiger partial charge >= 0.3 is 0 Å². The van der Waals surface area contributed by atoms with Gasteiger partial charge in [0.25, 0.3) is 0 Å². The molecule has 0 amide bonds. The predicted molar refractivity (Wildman–Crippen MR) is 83.2 cm³/mol. The van der Waals surface area contributed by atoms with Crippen LogP contribution in [0.4, 0.5) is 0 Å². The summed E-state index contributed by atoms with van der Waals surface area (Å²) in [5.74, 6) is 0. The molecule has 5 nitrogen and oxygen atoms in total. The number of likely N-dealkylation sites (tertiary alicyclic amines) is 1. The van der Waals surface area contributed by atoms with E-state index in [9.17, 15) is 5.11 Å². The first-order valence-corrected chi connectivity index (χ1v) is 8.43. The van der Waals surface area contributed by atoms with Crippen LogP contribution < -0.4 is 5.32 Å². The molecule has 3 atom stereocenters. The molecule has 5 heteroatoms. The van der Waals surface area contributed by atoms with Crippen molar-refractivity contribution in [1.82, 2.24) is 20.0 Å². The predicted octanol–water partition coefficient (Wildman–Crippen LogP) is 1.02. The Morgan fingerprint density at radius 3 is 3.00 bits per heavy atom. The average Bonchev–Trinajstić information content (AvgIpc) is 3.19. The summed E-state index contributed by atoms with van der Waals surface area (Å²) in [6.45, 7) is 6.00. The highest BCUT2D eigenvalue weighted by molar-refractivity contribution is 5.04. The summed E-state index contributed by atoms with van der Waals surface area (Å²) in [6.07, 6.45) is 9.86. The quantitative estimate of drug-likeness (QED) is 0.822. The van der Waals surface area contributed by atoms with Crippen molar-refractivity contribution < 1.29 is 5.11 Å². The van der Waals surface area contributed by atoms with Crippen molar-refractivity contribution in [1.29, 1.82) is 0 Å². The van der Waals surface area contributed by atoms with Crippen LogP contribution in [0.5, 0.6) is 0 Å². The fourth-order valence-corrected chi connectivity index (χ4v) is 3.80. The van der Waals surface area contributed by atoms with Crippen LogP contribution in [0.15, 0.2) is 12.4 Å². The minimum atomic E-state index is -0.105. The van der Waals surface area contributed by atoms with Gasteiger partial charge < -0.3 is 10.4 Å². The van der Waals surface area contributed by atoms with E-state index in [-0.39, 0.29) is 6.10 Å². The van der Waals surface area contributed by atoms with Gasteiger partial charge in [-0.05, 0) is 44.7 Å². The van der Waals surface area contributed by atoms with Crippen molar-refractivity contribution in [2.75, 3.05) is 19.6 Å². The number of aromatic nitrogens is 2. The Hall–Kier alpha value is -0.910. The molecule has 0 aromatic carbocycles. The first-order chi connectivity index (χ1) is 10.3. The Kier molecular flexibility index (Phi) is 4.93. The molecule has 2 aliphatic rings. The number of hydrogen-bond donors (Lipinski definition) is 2. The maximum atomic E-state index is 9.73. The molecule has 1 saturated heterocycles. The van der Waals surface area contributed by atoms with Crippen LogP contribution in [-0.2, 0) is 13.0 Å². The van der Waals surface area contributed by atoms with Crippen LogP contribution in [0, 0.1) is 0 Å². The molecular weight excluding hydrogens is 264 g/mol. The summed E-state index contributed by atoms with van der Waals surface area (Å²) in [5.41, 5.74) is 1.32. The molecular formula is C16H28N4O. The number of nitrogens with zero attached hydrogens (tertiary/aromatic N) is 3. The first kappa shape index (κ1) is 15.0. The Balaban J connectivity index is 1.45. The van der Waals surface area contributed by atoms with Crippen LogP contribution >= 0.6 is 0 Å². The summed E-state index contributed by atoms with van der Waals surface area (Å²) >= 11 is 0. The lowest BCUT2D eigenvalue weighted by Crippen LogP contribution is -2.46. The van der Waals surface area contributed by atoms with Gasteiger partial charge in [0.05, 0.1) is 12.3 Å². The van der Waals surface area contributed by atoms with Crippen LogP contribution in [0.2, 0.25) is 0 Å². The molecule has 1 aromatic heterocycles. The van der Waals surface area contributed by atoms with E-state index >= 15 is 0 Å². The molecule has 3 rings (SSSR count). The minimum absolute atomic E-state index is 0.105. The number of aliphatic hydroxyl groups excluding tert-OH is 1. The highest BCUT2D eigenvalue weighted by Crippen LogP contribution is 2.27. The second-order valence-electron chi connectivity index (χ2n) is 6.45. The van der Waals surface area contributed by atoms with Crippen molar-refractivity contribution in [3.8, 4) is 0 Å². The number of aryl methyl sites for hydroxylation is 1. The SMILES string of the molecule is CCn1cc(CCN[C@@H]2CCC[C@@H]2N2CCC(O)C2)cn1. The van der Waals surface area contributed by atoms with Crippen LogP contribution in [0.25, 0.3) is 0 Å². The molecule has 0 bridgehead atoms. The number of β-amino-alcohol motifs (C(OH)–C–C–N with tert-alkyl or cyclic N) is 1. The van der Waals surface area contributed by atoms with Gasteiger partial charge in [-0.15, -0.1) is 0 Å². The largest absolute Gasteiger partial charge is 0.392 e. The zero-order chi connectivity index (χ0) is 14.7. The van der Waals surface area contributed by atoms with Gasteiger partial charge in [0, 0.05) is 37.9 Å². The second-order valence-corrected chi connectivity index (χ2v) is 6.45. The van der Waals surface area contributed by atoms with Crippen LogP contribution in [-0.4, -0.2) is 57.6 Å². The monoisotopic (exact) mass is 292 g/mol. The highest BCUT2D eigenvalue weighted by Gasteiger charge is 2.35. The average molecular weight is 292 g/mol. The summed E-state index contributed by atoms with van der Waals surface area (Å²) in [7, 11) is 0. The number of rotatable bonds is 6. The third kappa shape index (κ3) is 3.65. The van der Waals surface area contributed by atoms with Crippen molar-refractivity contribution in [2.45, 2.75) is 63.8 Å². The number of aliphatic hydroxyl groups is 1. The van der Waals surface area contributed by atoms with Crippen LogP contribution in [0.1, 0.15) is 38.2 Å². The lowest BCUT2D eigenvalue weighted by molar-refractivity contribution is 0.150. The first-order valence-electron chi connectivity index (χ1n) is 8.43. The fraction of sp³-hybridized carbons (Fsp3) is 0.812. The van der Waals surface area contributed by atoms with Gasteiger partial charge in [-0.1, -0.05) is 6.42 Å². The summed E-state index contributed by atoms with van der Waals surface area (Å²) < 4.78 is 1.99. The normalized spacial score (nSPS) is 30.3. The molecule has 118 valence electrons. The van der Waals surface area contributed by atoms with E-state index in [2.05, 4.69) is 28.4 Å². The number of nitrogens with one attached hydrogen (secondary N) is 1. The lowest BCUT2D eigenvalue weighted by Gasteiger charge is -2.29. The Morgan fingerprint density at radius 1 is 1.38 bits per heavy atom. The van der Waals surface area contributed by atoms with E-state index in [4.69, 9.17) is 0 Å². The van der Waals surface area contributed by atoms with Gasteiger partial charge in [-0.3, -0.25) is 9.58 Å². The van der Waals surface area contributed by atoms with Gasteiger partial charge in [0.2, 0.25) is 0 Å². The molecule has 2 N–H and O–H groups in total. The topological polar surface area (TPSA) is 53.3 Å². The van der Waals surface area contributed by atoms with Gasteiger partial charge in [0.1, 0.15) is 0 Å². The van der Waals surface area contributed by atoms with E-state index in [1.54, 1.807) is 0 Å². The Bertz CT molecular complexity index is 447. The lowest BCUT2D eigenvalue weighted by atomic mass is 10.1. The zero-order valence-corrected chi connectivity index (χ0v) is 13.0. The molecule has 21 heavy (non-hydrogen) atoms. The summed E-state index contributed by atoms with van der Waals surface area (Å²) in [6, 6.07) is 1.22. The molecule has 0 radical (unpaired) electrons.